The molecule has 19 heavy (non-hydrogen) atoms. The van der Waals surface area contributed by atoms with Crippen LogP contribution in [0, 0.1) is 11.8 Å². The van der Waals surface area contributed by atoms with E-state index in [0.29, 0.717) is 13.2 Å². The van der Waals surface area contributed by atoms with E-state index in [2.05, 4.69) is 30.9 Å². The summed E-state index contributed by atoms with van der Waals surface area (Å²) in [6.07, 6.45) is 1.05. The van der Waals surface area contributed by atoms with E-state index in [-0.39, 0.29) is 0 Å². The van der Waals surface area contributed by atoms with Gasteiger partial charge in [0.05, 0.1) is 11.4 Å². The van der Waals surface area contributed by atoms with Gasteiger partial charge in [-0.15, -0.1) is 11.3 Å². The Morgan fingerprint density at radius 3 is 2.63 bits per heavy atom. The van der Waals surface area contributed by atoms with Crippen LogP contribution >= 0.6 is 11.3 Å². The van der Waals surface area contributed by atoms with Crippen LogP contribution in [0.25, 0.3) is 0 Å². The molecule has 1 aromatic carbocycles. The van der Waals surface area contributed by atoms with Gasteiger partial charge in [0.15, 0.2) is 0 Å². The lowest BCUT2D eigenvalue weighted by molar-refractivity contribution is 0.310. The van der Waals surface area contributed by atoms with Crippen LogP contribution in [-0.2, 0) is 13.0 Å². The standard InChI is InChI=1S/C16H17NOS/c1-2-13-5-7-14(8-6-13)18-12-16-10-9-15(19-16)4-3-11-17/h5-10H,2,11-12,17H2,1H3. The summed E-state index contributed by atoms with van der Waals surface area (Å²) < 4.78 is 5.75. The Balaban J connectivity index is 1.92. The van der Waals surface area contributed by atoms with E-state index in [1.165, 1.54) is 10.4 Å². The number of rotatable bonds is 4. The number of ether oxygens (including phenoxy) is 1. The molecule has 0 amide bonds. The molecule has 2 aromatic rings. The van der Waals surface area contributed by atoms with Crippen molar-refractivity contribution >= 4 is 11.3 Å². The Morgan fingerprint density at radius 2 is 1.95 bits per heavy atom. The molecule has 2 rings (SSSR count). The van der Waals surface area contributed by atoms with Crippen LogP contribution in [0.4, 0.5) is 0 Å². The third kappa shape index (κ3) is 4.13. The lowest BCUT2D eigenvalue weighted by atomic mass is 10.2. The van der Waals surface area contributed by atoms with Gasteiger partial charge in [0, 0.05) is 4.88 Å². The molecule has 0 bridgehead atoms. The van der Waals surface area contributed by atoms with Crippen molar-refractivity contribution in [1.82, 2.24) is 0 Å². The maximum Gasteiger partial charge on any atom is 0.122 e. The van der Waals surface area contributed by atoms with Crippen molar-refractivity contribution < 1.29 is 4.74 Å². The summed E-state index contributed by atoms with van der Waals surface area (Å²) in [4.78, 5) is 2.20. The molecule has 0 aliphatic rings. The number of nitrogens with two attached hydrogens (primary N) is 1. The fraction of sp³-hybridized carbons (Fsp3) is 0.250. The molecule has 98 valence electrons. The van der Waals surface area contributed by atoms with Crippen LogP contribution in [-0.4, -0.2) is 6.54 Å². The molecule has 0 fully saturated rings. The van der Waals surface area contributed by atoms with E-state index >= 15 is 0 Å². The number of benzene rings is 1. The number of hydrogen-bond acceptors (Lipinski definition) is 3. The van der Waals surface area contributed by atoms with Gasteiger partial charge in [0.1, 0.15) is 12.4 Å². The predicted molar refractivity (Wildman–Crippen MR) is 80.4 cm³/mol. The van der Waals surface area contributed by atoms with Crippen molar-refractivity contribution in [2.24, 2.45) is 5.73 Å². The fourth-order valence-corrected chi connectivity index (χ4v) is 2.43. The molecule has 2 N–H and O–H groups in total. The molecular formula is C16H17NOS. The lowest BCUT2D eigenvalue weighted by Gasteiger charge is -2.05. The zero-order valence-electron chi connectivity index (χ0n) is 11.0. The van der Waals surface area contributed by atoms with E-state index in [0.717, 1.165) is 17.0 Å². The fourth-order valence-electron chi connectivity index (χ4n) is 1.64. The molecule has 0 saturated carbocycles. The summed E-state index contributed by atoms with van der Waals surface area (Å²) in [5.41, 5.74) is 6.67. The predicted octanol–water partition coefficient (Wildman–Crippen LogP) is 3.20. The van der Waals surface area contributed by atoms with Gasteiger partial charge in [-0.3, -0.25) is 0 Å². The first-order valence-electron chi connectivity index (χ1n) is 6.31. The van der Waals surface area contributed by atoms with Gasteiger partial charge >= 0.3 is 0 Å². The van der Waals surface area contributed by atoms with Crippen LogP contribution in [0.5, 0.6) is 5.75 Å². The van der Waals surface area contributed by atoms with Gasteiger partial charge in [-0.05, 0) is 36.2 Å². The van der Waals surface area contributed by atoms with Crippen molar-refractivity contribution in [2.75, 3.05) is 6.54 Å². The van der Waals surface area contributed by atoms with Gasteiger partial charge < -0.3 is 10.5 Å². The van der Waals surface area contributed by atoms with Gasteiger partial charge in [-0.25, -0.2) is 0 Å². The zero-order valence-corrected chi connectivity index (χ0v) is 11.8. The minimum Gasteiger partial charge on any atom is -0.488 e. The monoisotopic (exact) mass is 271 g/mol. The molecule has 0 atom stereocenters. The van der Waals surface area contributed by atoms with Crippen molar-refractivity contribution in [1.29, 1.82) is 0 Å². The normalized spacial score (nSPS) is 9.79. The Hall–Kier alpha value is -1.76. The van der Waals surface area contributed by atoms with Crippen LogP contribution in [0.1, 0.15) is 22.2 Å². The van der Waals surface area contributed by atoms with Crippen molar-refractivity contribution in [2.45, 2.75) is 20.0 Å². The van der Waals surface area contributed by atoms with E-state index in [4.69, 9.17) is 10.5 Å². The molecular weight excluding hydrogens is 254 g/mol. The highest BCUT2D eigenvalue weighted by Crippen LogP contribution is 2.19. The number of thiophene rings is 1. The molecule has 0 spiro atoms. The van der Waals surface area contributed by atoms with E-state index in [9.17, 15) is 0 Å². The average Bonchev–Trinajstić information content (AvgIpc) is 2.91. The second kappa shape index (κ2) is 6.98. The van der Waals surface area contributed by atoms with Gasteiger partial charge in [-0.2, -0.15) is 0 Å². The summed E-state index contributed by atoms with van der Waals surface area (Å²) in [6, 6.07) is 12.3. The lowest BCUT2D eigenvalue weighted by Crippen LogP contribution is -1.93. The van der Waals surface area contributed by atoms with Crippen LogP contribution in [0.3, 0.4) is 0 Å². The van der Waals surface area contributed by atoms with E-state index in [1.54, 1.807) is 11.3 Å². The highest BCUT2D eigenvalue weighted by atomic mass is 32.1. The Labute approximate surface area is 118 Å². The van der Waals surface area contributed by atoms with Crippen LogP contribution in [0.15, 0.2) is 36.4 Å². The van der Waals surface area contributed by atoms with Gasteiger partial charge in [-0.1, -0.05) is 30.9 Å². The Morgan fingerprint density at radius 1 is 1.16 bits per heavy atom. The summed E-state index contributed by atoms with van der Waals surface area (Å²) in [7, 11) is 0. The van der Waals surface area contributed by atoms with Gasteiger partial charge in [0.25, 0.3) is 0 Å². The molecule has 0 saturated heterocycles. The SMILES string of the molecule is CCc1ccc(OCc2ccc(C#CCN)s2)cc1. The third-order valence-corrected chi connectivity index (χ3v) is 3.66. The first-order valence-corrected chi connectivity index (χ1v) is 7.13. The molecule has 1 heterocycles. The first-order chi connectivity index (χ1) is 9.31. The molecule has 2 nitrogen and oxygen atoms in total. The summed E-state index contributed by atoms with van der Waals surface area (Å²) in [5.74, 6) is 6.78. The molecule has 0 unspecified atom stereocenters. The Kier molecular flexibility index (Phi) is 5.02. The molecule has 3 heteroatoms. The first kappa shape index (κ1) is 13.7. The summed E-state index contributed by atoms with van der Waals surface area (Å²) in [6.45, 7) is 3.12. The molecule has 0 aliphatic heterocycles. The second-order valence-electron chi connectivity index (χ2n) is 4.06. The molecule has 0 radical (unpaired) electrons. The zero-order chi connectivity index (χ0) is 13.5. The van der Waals surface area contributed by atoms with Crippen LogP contribution < -0.4 is 10.5 Å². The summed E-state index contributed by atoms with van der Waals surface area (Å²) in [5, 5.41) is 0. The smallest absolute Gasteiger partial charge is 0.122 e. The highest BCUT2D eigenvalue weighted by molar-refractivity contribution is 7.12. The highest BCUT2D eigenvalue weighted by Gasteiger charge is 2.00. The third-order valence-electron chi connectivity index (χ3n) is 2.69. The minimum atomic E-state index is 0.396. The van der Waals surface area contributed by atoms with Crippen molar-refractivity contribution in [3.05, 3.63) is 51.7 Å². The molecule has 1 aromatic heterocycles. The van der Waals surface area contributed by atoms with Crippen LogP contribution in [0.2, 0.25) is 0 Å². The van der Waals surface area contributed by atoms with E-state index < -0.39 is 0 Å². The van der Waals surface area contributed by atoms with Crippen molar-refractivity contribution in [3.8, 4) is 17.6 Å². The largest absolute Gasteiger partial charge is 0.488 e. The molecule has 0 aliphatic carbocycles. The number of aryl methyl sites for hydroxylation is 1. The maximum absolute atomic E-state index is 5.75. The maximum atomic E-state index is 5.75. The van der Waals surface area contributed by atoms with Crippen molar-refractivity contribution in [3.63, 3.8) is 0 Å². The second-order valence-corrected chi connectivity index (χ2v) is 5.23. The quantitative estimate of drug-likeness (QED) is 0.867. The summed E-state index contributed by atoms with van der Waals surface area (Å²) >= 11 is 1.65. The topological polar surface area (TPSA) is 35.2 Å². The average molecular weight is 271 g/mol. The van der Waals surface area contributed by atoms with E-state index in [1.807, 2.05) is 24.3 Å². The minimum absolute atomic E-state index is 0.396. The van der Waals surface area contributed by atoms with Gasteiger partial charge in [0.2, 0.25) is 0 Å². The Bertz CT molecular complexity index is 575. The number of hydrogen-bond donors (Lipinski definition) is 1.